The number of benzene rings is 2. The summed E-state index contributed by atoms with van der Waals surface area (Å²) >= 11 is 0. The van der Waals surface area contributed by atoms with E-state index < -0.39 is 0 Å². The number of nitrogens with two attached hydrogens (primary N) is 2. The van der Waals surface area contributed by atoms with Gasteiger partial charge in [0.1, 0.15) is 17.8 Å². The smallest absolute Gasteiger partial charge is 0.177 e. The van der Waals surface area contributed by atoms with Gasteiger partial charge in [0, 0.05) is 22.5 Å². The standard InChI is InChI=1S/C18H12N6/c19-9-15-16(10-20)24-18(13-6-1-2-7-14(13)22)17(23-15)11-4-3-5-12(21)8-11/h1-8H,21-22H2. The van der Waals surface area contributed by atoms with Gasteiger partial charge in [-0.3, -0.25) is 0 Å². The van der Waals surface area contributed by atoms with Crippen molar-refractivity contribution in [2.75, 3.05) is 11.5 Å². The summed E-state index contributed by atoms with van der Waals surface area (Å²) in [7, 11) is 0. The Bertz CT molecular complexity index is 1010. The molecule has 2 aromatic carbocycles. The molecule has 0 fully saturated rings. The molecular weight excluding hydrogens is 300 g/mol. The topological polar surface area (TPSA) is 125 Å². The second kappa shape index (κ2) is 6.07. The molecule has 0 saturated heterocycles. The van der Waals surface area contributed by atoms with Crippen molar-refractivity contribution >= 4 is 11.4 Å². The van der Waals surface area contributed by atoms with Crippen molar-refractivity contribution in [3.8, 4) is 34.7 Å². The van der Waals surface area contributed by atoms with Crippen LogP contribution in [-0.2, 0) is 0 Å². The second-order valence-electron chi connectivity index (χ2n) is 5.05. The number of anilines is 2. The lowest BCUT2D eigenvalue weighted by Gasteiger charge is -2.12. The minimum Gasteiger partial charge on any atom is -0.399 e. The van der Waals surface area contributed by atoms with Crippen LogP contribution in [0.2, 0.25) is 0 Å². The average molecular weight is 312 g/mol. The molecule has 0 unspecified atom stereocenters. The largest absolute Gasteiger partial charge is 0.399 e. The predicted molar refractivity (Wildman–Crippen MR) is 91.2 cm³/mol. The summed E-state index contributed by atoms with van der Waals surface area (Å²) in [5.41, 5.74) is 15.1. The molecule has 6 heteroatoms. The van der Waals surface area contributed by atoms with Gasteiger partial charge in [0.25, 0.3) is 0 Å². The third-order valence-corrected chi connectivity index (χ3v) is 3.48. The van der Waals surface area contributed by atoms with E-state index in [0.717, 1.165) is 0 Å². The first-order valence-corrected chi connectivity index (χ1v) is 7.07. The number of nitrogens with zero attached hydrogens (tertiary/aromatic N) is 4. The average Bonchev–Trinajstić information content (AvgIpc) is 2.61. The molecule has 0 aliphatic carbocycles. The van der Waals surface area contributed by atoms with E-state index >= 15 is 0 Å². The van der Waals surface area contributed by atoms with Crippen molar-refractivity contribution < 1.29 is 0 Å². The van der Waals surface area contributed by atoms with Crippen LogP contribution in [0.3, 0.4) is 0 Å². The van der Waals surface area contributed by atoms with E-state index in [0.29, 0.717) is 33.9 Å². The molecule has 114 valence electrons. The molecule has 6 nitrogen and oxygen atoms in total. The van der Waals surface area contributed by atoms with E-state index in [9.17, 15) is 10.5 Å². The summed E-state index contributed by atoms with van der Waals surface area (Å²) in [4.78, 5) is 8.67. The highest BCUT2D eigenvalue weighted by Crippen LogP contribution is 2.33. The summed E-state index contributed by atoms with van der Waals surface area (Å²) in [6.07, 6.45) is 0. The van der Waals surface area contributed by atoms with Crippen LogP contribution in [0.15, 0.2) is 48.5 Å². The van der Waals surface area contributed by atoms with Crippen LogP contribution in [0.25, 0.3) is 22.5 Å². The van der Waals surface area contributed by atoms with Gasteiger partial charge in [-0.15, -0.1) is 0 Å². The van der Waals surface area contributed by atoms with Crippen LogP contribution in [0.1, 0.15) is 11.4 Å². The van der Waals surface area contributed by atoms with Crippen LogP contribution in [0.5, 0.6) is 0 Å². The van der Waals surface area contributed by atoms with Crippen molar-refractivity contribution in [1.29, 1.82) is 10.5 Å². The molecule has 0 spiro atoms. The molecule has 3 aromatic rings. The van der Waals surface area contributed by atoms with Crippen molar-refractivity contribution in [3.63, 3.8) is 0 Å². The molecule has 0 aliphatic rings. The summed E-state index contributed by atoms with van der Waals surface area (Å²) < 4.78 is 0. The zero-order chi connectivity index (χ0) is 17.1. The van der Waals surface area contributed by atoms with Gasteiger partial charge in [-0.1, -0.05) is 30.3 Å². The molecular formula is C18H12N6. The normalized spacial score (nSPS) is 9.92. The lowest BCUT2D eigenvalue weighted by Crippen LogP contribution is -2.03. The molecule has 0 aliphatic heterocycles. The third kappa shape index (κ3) is 2.60. The van der Waals surface area contributed by atoms with E-state index in [4.69, 9.17) is 11.5 Å². The molecule has 0 saturated carbocycles. The van der Waals surface area contributed by atoms with Gasteiger partial charge in [-0.25, -0.2) is 9.97 Å². The summed E-state index contributed by atoms with van der Waals surface area (Å²) in [6, 6.07) is 18.1. The Morgan fingerprint density at radius 2 is 1.46 bits per heavy atom. The van der Waals surface area contributed by atoms with Gasteiger partial charge in [0.2, 0.25) is 0 Å². The molecule has 0 bridgehead atoms. The zero-order valence-corrected chi connectivity index (χ0v) is 12.6. The van der Waals surface area contributed by atoms with Crippen molar-refractivity contribution in [2.24, 2.45) is 0 Å². The predicted octanol–water partition coefficient (Wildman–Crippen LogP) is 2.72. The first-order chi connectivity index (χ1) is 11.6. The van der Waals surface area contributed by atoms with E-state index in [2.05, 4.69) is 9.97 Å². The van der Waals surface area contributed by atoms with Crippen molar-refractivity contribution in [1.82, 2.24) is 9.97 Å². The number of nitrogen functional groups attached to an aromatic ring is 2. The molecule has 0 amide bonds. The van der Waals surface area contributed by atoms with Gasteiger partial charge < -0.3 is 11.5 Å². The number of aromatic nitrogens is 2. The Hall–Kier alpha value is -3.90. The van der Waals surface area contributed by atoms with Crippen LogP contribution >= 0.6 is 0 Å². The fourth-order valence-corrected chi connectivity index (χ4v) is 2.38. The fraction of sp³-hybridized carbons (Fsp3) is 0. The maximum absolute atomic E-state index is 9.24. The number of nitriles is 2. The first kappa shape index (κ1) is 15.0. The lowest BCUT2D eigenvalue weighted by molar-refractivity contribution is 1.14. The molecule has 4 N–H and O–H groups in total. The summed E-state index contributed by atoms with van der Waals surface area (Å²) in [5.74, 6) is 0. The van der Waals surface area contributed by atoms with E-state index in [1.165, 1.54) is 0 Å². The van der Waals surface area contributed by atoms with Crippen LogP contribution < -0.4 is 11.5 Å². The minimum absolute atomic E-state index is 0.0341. The van der Waals surface area contributed by atoms with Gasteiger partial charge >= 0.3 is 0 Å². The molecule has 1 aromatic heterocycles. The molecule has 0 radical (unpaired) electrons. The number of rotatable bonds is 2. The molecule has 24 heavy (non-hydrogen) atoms. The van der Waals surface area contributed by atoms with E-state index in [1.54, 1.807) is 36.4 Å². The van der Waals surface area contributed by atoms with Gasteiger partial charge in [0.05, 0.1) is 5.69 Å². The highest BCUT2D eigenvalue weighted by atomic mass is 14.9. The Balaban J connectivity index is 2.37. The van der Waals surface area contributed by atoms with Gasteiger partial charge in [-0.05, 0) is 18.2 Å². The second-order valence-corrected chi connectivity index (χ2v) is 5.05. The quantitative estimate of drug-likeness (QED) is 0.701. The van der Waals surface area contributed by atoms with Crippen molar-refractivity contribution in [3.05, 3.63) is 59.9 Å². The van der Waals surface area contributed by atoms with Gasteiger partial charge in [0.15, 0.2) is 11.4 Å². The monoisotopic (exact) mass is 312 g/mol. The summed E-state index contributed by atoms with van der Waals surface area (Å²) in [5, 5.41) is 18.5. The zero-order valence-electron chi connectivity index (χ0n) is 12.6. The third-order valence-electron chi connectivity index (χ3n) is 3.48. The number of hydrogen-bond donors (Lipinski definition) is 2. The Labute approximate surface area is 138 Å². The Morgan fingerprint density at radius 1 is 0.792 bits per heavy atom. The molecule has 3 rings (SSSR count). The van der Waals surface area contributed by atoms with Crippen LogP contribution in [0.4, 0.5) is 11.4 Å². The van der Waals surface area contributed by atoms with Gasteiger partial charge in [-0.2, -0.15) is 10.5 Å². The highest BCUT2D eigenvalue weighted by Gasteiger charge is 2.18. The lowest BCUT2D eigenvalue weighted by atomic mass is 10.0. The maximum atomic E-state index is 9.24. The SMILES string of the molecule is N#Cc1nc(-c2cccc(N)c2)c(-c2ccccc2N)nc1C#N. The molecule has 1 heterocycles. The van der Waals surface area contributed by atoms with Crippen LogP contribution in [-0.4, -0.2) is 9.97 Å². The fourth-order valence-electron chi connectivity index (χ4n) is 2.38. The number of hydrogen-bond acceptors (Lipinski definition) is 6. The highest BCUT2D eigenvalue weighted by molar-refractivity contribution is 5.85. The van der Waals surface area contributed by atoms with Crippen molar-refractivity contribution in [2.45, 2.75) is 0 Å². The number of para-hydroxylation sites is 1. The van der Waals surface area contributed by atoms with E-state index in [-0.39, 0.29) is 11.4 Å². The molecule has 0 atom stereocenters. The summed E-state index contributed by atoms with van der Waals surface area (Å²) in [6.45, 7) is 0. The first-order valence-electron chi connectivity index (χ1n) is 7.07. The maximum Gasteiger partial charge on any atom is 0.177 e. The Morgan fingerprint density at radius 3 is 2.08 bits per heavy atom. The minimum atomic E-state index is -0.0385. The van der Waals surface area contributed by atoms with Crippen LogP contribution in [0, 0.1) is 22.7 Å². The van der Waals surface area contributed by atoms with E-state index in [1.807, 2.05) is 24.3 Å². The Kier molecular flexibility index (Phi) is 3.80.